The Balaban J connectivity index is 1.66. The van der Waals surface area contributed by atoms with Crippen LogP contribution in [0.15, 0.2) is 0 Å². The molecule has 0 aromatic rings. The third-order valence-electron chi connectivity index (χ3n) is 4.99. The maximum Gasteiger partial charge on any atom is 0.0658 e. The van der Waals surface area contributed by atoms with Gasteiger partial charge in [-0.25, -0.2) is 0 Å². The maximum atomic E-state index is 5.83. The minimum atomic E-state index is 0.371. The number of nitrogens with one attached hydrogen (secondary N) is 1. The summed E-state index contributed by atoms with van der Waals surface area (Å²) in [7, 11) is 0. The van der Waals surface area contributed by atoms with E-state index in [0.29, 0.717) is 17.6 Å². The van der Waals surface area contributed by atoms with Crippen molar-refractivity contribution in [3.05, 3.63) is 0 Å². The van der Waals surface area contributed by atoms with Crippen molar-refractivity contribution in [2.45, 2.75) is 71.4 Å². The molecular weight excluding hydrogens is 210 g/mol. The van der Waals surface area contributed by atoms with Gasteiger partial charge in [0.05, 0.1) is 6.10 Å². The van der Waals surface area contributed by atoms with Crippen molar-refractivity contribution in [2.24, 2.45) is 11.3 Å². The van der Waals surface area contributed by atoms with Crippen molar-refractivity contribution < 1.29 is 4.74 Å². The summed E-state index contributed by atoms with van der Waals surface area (Å²) in [5.41, 5.74) is 0.371. The Morgan fingerprint density at radius 2 is 2.06 bits per heavy atom. The predicted octanol–water partition coefficient (Wildman–Crippen LogP) is 3.36. The Morgan fingerprint density at radius 3 is 2.65 bits per heavy atom. The molecule has 1 N–H and O–H groups in total. The van der Waals surface area contributed by atoms with Gasteiger partial charge in [-0.3, -0.25) is 0 Å². The highest BCUT2D eigenvalue weighted by molar-refractivity contribution is 5.04. The average Bonchev–Trinajstić information content (AvgIpc) is 3.14. The van der Waals surface area contributed by atoms with Crippen LogP contribution in [0.4, 0.5) is 0 Å². The fraction of sp³-hybridized carbons (Fsp3) is 1.00. The topological polar surface area (TPSA) is 21.3 Å². The van der Waals surface area contributed by atoms with Crippen LogP contribution in [0.5, 0.6) is 0 Å². The number of hydrogen-bond donors (Lipinski definition) is 1. The van der Waals surface area contributed by atoms with E-state index in [-0.39, 0.29) is 0 Å². The predicted molar refractivity (Wildman–Crippen MR) is 72.2 cm³/mol. The van der Waals surface area contributed by atoms with E-state index in [2.05, 4.69) is 26.1 Å². The second-order valence-corrected chi connectivity index (χ2v) is 6.13. The summed E-state index contributed by atoms with van der Waals surface area (Å²) in [6.07, 6.45) is 8.70. The van der Waals surface area contributed by atoms with E-state index >= 15 is 0 Å². The summed E-state index contributed by atoms with van der Waals surface area (Å²) in [5.74, 6) is 1.08. The summed E-state index contributed by atoms with van der Waals surface area (Å²) in [6.45, 7) is 8.84. The van der Waals surface area contributed by atoms with Crippen LogP contribution in [-0.4, -0.2) is 25.3 Å². The van der Waals surface area contributed by atoms with Gasteiger partial charge in [0.2, 0.25) is 0 Å². The molecule has 0 heterocycles. The van der Waals surface area contributed by atoms with Crippen LogP contribution in [0.1, 0.15) is 59.3 Å². The molecule has 3 unspecified atom stereocenters. The second-order valence-electron chi connectivity index (χ2n) is 6.13. The van der Waals surface area contributed by atoms with Gasteiger partial charge in [0, 0.05) is 18.1 Å². The van der Waals surface area contributed by atoms with Gasteiger partial charge in [0.1, 0.15) is 0 Å². The lowest BCUT2D eigenvalue weighted by Gasteiger charge is -2.53. The van der Waals surface area contributed by atoms with Gasteiger partial charge in [0.25, 0.3) is 0 Å². The maximum absolute atomic E-state index is 5.83. The van der Waals surface area contributed by atoms with Gasteiger partial charge in [-0.1, -0.05) is 26.7 Å². The SMILES string of the molecule is CCOC1CC(NCCCC2CC2)C1(C)CC. The van der Waals surface area contributed by atoms with Gasteiger partial charge in [-0.15, -0.1) is 0 Å². The van der Waals surface area contributed by atoms with E-state index in [1.807, 2.05) is 0 Å². The quantitative estimate of drug-likeness (QED) is 0.656. The van der Waals surface area contributed by atoms with Crippen LogP contribution in [0.25, 0.3) is 0 Å². The third kappa shape index (κ3) is 3.03. The largest absolute Gasteiger partial charge is 0.378 e. The van der Waals surface area contributed by atoms with Crippen molar-refractivity contribution in [3.8, 4) is 0 Å². The van der Waals surface area contributed by atoms with E-state index < -0.39 is 0 Å². The molecule has 2 rings (SSSR count). The summed E-state index contributed by atoms with van der Waals surface area (Å²) in [6, 6.07) is 0.684. The average molecular weight is 239 g/mol. The van der Waals surface area contributed by atoms with Crippen molar-refractivity contribution in [1.29, 1.82) is 0 Å². The standard InChI is InChI=1S/C15H29NO/c1-4-15(3)13(11-14(15)17-5-2)16-10-6-7-12-8-9-12/h12-14,16H,4-11H2,1-3H3. The lowest BCUT2D eigenvalue weighted by atomic mass is 9.61. The van der Waals surface area contributed by atoms with Gasteiger partial charge < -0.3 is 10.1 Å². The minimum absolute atomic E-state index is 0.371. The number of hydrogen-bond acceptors (Lipinski definition) is 2. The molecule has 2 heteroatoms. The van der Waals surface area contributed by atoms with Crippen molar-refractivity contribution in [2.75, 3.05) is 13.2 Å². The highest BCUT2D eigenvalue weighted by atomic mass is 16.5. The van der Waals surface area contributed by atoms with E-state index in [4.69, 9.17) is 4.74 Å². The molecule has 100 valence electrons. The fourth-order valence-corrected chi connectivity index (χ4v) is 3.14. The molecule has 17 heavy (non-hydrogen) atoms. The van der Waals surface area contributed by atoms with Gasteiger partial charge in [0.15, 0.2) is 0 Å². The summed E-state index contributed by atoms with van der Waals surface area (Å²) in [5, 5.41) is 3.75. The highest BCUT2D eigenvalue weighted by Gasteiger charge is 2.50. The molecule has 0 radical (unpaired) electrons. The molecule has 2 saturated carbocycles. The Bertz CT molecular complexity index is 239. The lowest BCUT2D eigenvalue weighted by molar-refractivity contribution is -0.125. The molecular formula is C15H29NO. The van der Waals surface area contributed by atoms with Crippen LogP contribution < -0.4 is 5.32 Å². The molecule has 2 fully saturated rings. The smallest absolute Gasteiger partial charge is 0.0658 e. The first-order valence-corrected chi connectivity index (χ1v) is 7.55. The molecule has 0 aliphatic heterocycles. The first kappa shape index (κ1) is 13.4. The van der Waals surface area contributed by atoms with Crippen LogP contribution in [0.3, 0.4) is 0 Å². The van der Waals surface area contributed by atoms with E-state index in [9.17, 15) is 0 Å². The molecule has 0 saturated heterocycles. The third-order valence-corrected chi connectivity index (χ3v) is 4.99. The molecule has 2 aliphatic carbocycles. The van der Waals surface area contributed by atoms with Crippen molar-refractivity contribution in [3.63, 3.8) is 0 Å². The van der Waals surface area contributed by atoms with E-state index in [0.717, 1.165) is 12.5 Å². The normalized spacial score (nSPS) is 36.9. The van der Waals surface area contributed by atoms with Gasteiger partial charge in [-0.05, 0) is 45.1 Å². The molecule has 2 aliphatic rings. The van der Waals surface area contributed by atoms with E-state index in [1.165, 1.54) is 45.1 Å². The fourth-order valence-electron chi connectivity index (χ4n) is 3.14. The first-order chi connectivity index (χ1) is 8.20. The summed E-state index contributed by atoms with van der Waals surface area (Å²) >= 11 is 0. The summed E-state index contributed by atoms with van der Waals surface area (Å²) < 4.78 is 5.83. The molecule has 0 spiro atoms. The molecule has 0 aromatic carbocycles. The van der Waals surface area contributed by atoms with Crippen LogP contribution in [0.2, 0.25) is 0 Å². The lowest BCUT2D eigenvalue weighted by Crippen LogP contribution is -2.62. The van der Waals surface area contributed by atoms with Crippen molar-refractivity contribution >= 4 is 0 Å². The monoisotopic (exact) mass is 239 g/mol. The van der Waals surface area contributed by atoms with E-state index in [1.54, 1.807) is 0 Å². The summed E-state index contributed by atoms with van der Waals surface area (Å²) in [4.78, 5) is 0. The second kappa shape index (κ2) is 5.71. The number of ether oxygens (including phenoxy) is 1. The zero-order valence-corrected chi connectivity index (χ0v) is 11.8. The molecule has 0 bridgehead atoms. The number of rotatable bonds is 8. The van der Waals surface area contributed by atoms with Crippen LogP contribution >= 0.6 is 0 Å². The molecule has 0 amide bonds. The molecule has 0 aromatic heterocycles. The van der Waals surface area contributed by atoms with Crippen LogP contribution in [-0.2, 0) is 4.74 Å². The molecule has 2 nitrogen and oxygen atoms in total. The Labute approximate surface area is 107 Å². The van der Waals surface area contributed by atoms with Crippen LogP contribution in [0, 0.1) is 11.3 Å². The Hall–Kier alpha value is -0.0800. The van der Waals surface area contributed by atoms with Gasteiger partial charge in [-0.2, -0.15) is 0 Å². The zero-order chi connectivity index (χ0) is 12.3. The molecule has 3 atom stereocenters. The van der Waals surface area contributed by atoms with Gasteiger partial charge >= 0.3 is 0 Å². The first-order valence-electron chi connectivity index (χ1n) is 7.55. The Morgan fingerprint density at radius 1 is 1.29 bits per heavy atom. The minimum Gasteiger partial charge on any atom is -0.378 e. The highest BCUT2D eigenvalue weighted by Crippen LogP contribution is 2.45. The Kier molecular flexibility index (Phi) is 4.48. The zero-order valence-electron chi connectivity index (χ0n) is 11.8. The van der Waals surface area contributed by atoms with Crippen molar-refractivity contribution in [1.82, 2.24) is 5.32 Å².